The van der Waals surface area contributed by atoms with Crippen LogP contribution < -0.4 is 15.1 Å². The molecule has 1 N–H and O–H groups in total. The number of carbonyl (C=O) groups is 1. The lowest BCUT2D eigenvalue weighted by molar-refractivity contribution is -0.113. The van der Waals surface area contributed by atoms with Gasteiger partial charge >= 0.3 is 0 Å². The van der Waals surface area contributed by atoms with Crippen LogP contribution in [0.2, 0.25) is 0 Å². The lowest BCUT2D eigenvalue weighted by Crippen LogP contribution is -2.46. The molecule has 2 aromatic carbocycles. The number of hydrogen-bond acceptors (Lipinski definition) is 6. The van der Waals surface area contributed by atoms with E-state index in [0.717, 1.165) is 44.1 Å². The number of hydrogen-bond donors (Lipinski definition) is 1. The summed E-state index contributed by atoms with van der Waals surface area (Å²) in [5.74, 6) is 1.15. The molecule has 1 aromatic heterocycles. The second kappa shape index (κ2) is 10.3. The van der Waals surface area contributed by atoms with Crippen molar-refractivity contribution in [1.29, 1.82) is 0 Å². The third-order valence-electron chi connectivity index (χ3n) is 5.30. The van der Waals surface area contributed by atoms with E-state index in [-0.39, 0.29) is 11.7 Å². The van der Waals surface area contributed by atoms with Crippen molar-refractivity contribution in [2.45, 2.75) is 18.5 Å². The number of piperazine rings is 1. The zero-order valence-corrected chi connectivity index (χ0v) is 18.5. The maximum Gasteiger partial charge on any atom is 0.234 e. The fraction of sp³-hybridized carbons (Fsp3) is 0.292. The molecule has 1 aliphatic heterocycles. The van der Waals surface area contributed by atoms with Gasteiger partial charge in [0, 0.05) is 43.8 Å². The smallest absolute Gasteiger partial charge is 0.234 e. The lowest BCUT2D eigenvalue weighted by atomic mass is 10.1. The quantitative estimate of drug-likeness (QED) is 0.447. The van der Waals surface area contributed by atoms with Gasteiger partial charge in [0.1, 0.15) is 5.82 Å². The van der Waals surface area contributed by atoms with Crippen LogP contribution in [0.15, 0.2) is 72.0 Å². The molecular formula is C24H27N5OS. The Morgan fingerprint density at radius 1 is 1.00 bits per heavy atom. The van der Waals surface area contributed by atoms with E-state index in [4.69, 9.17) is 0 Å². The van der Waals surface area contributed by atoms with Gasteiger partial charge in [0.15, 0.2) is 5.16 Å². The Bertz CT molecular complexity index is 1010. The first kappa shape index (κ1) is 21.2. The molecule has 0 bridgehead atoms. The summed E-state index contributed by atoms with van der Waals surface area (Å²) in [5, 5.41) is 3.58. The zero-order chi connectivity index (χ0) is 21.5. The van der Waals surface area contributed by atoms with Crippen molar-refractivity contribution in [3.05, 3.63) is 72.4 Å². The van der Waals surface area contributed by atoms with Crippen LogP contribution in [0.4, 0.5) is 17.2 Å². The van der Waals surface area contributed by atoms with Gasteiger partial charge in [-0.3, -0.25) is 4.79 Å². The number of aromatic nitrogens is 2. The third-order valence-corrected chi connectivity index (χ3v) is 6.16. The number of amides is 1. The van der Waals surface area contributed by atoms with Gasteiger partial charge < -0.3 is 15.1 Å². The van der Waals surface area contributed by atoms with Crippen LogP contribution in [0.1, 0.15) is 12.5 Å². The molecule has 0 unspecified atom stereocenters. The average Bonchev–Trinajstić information content (AvgIpc) is 2.84. The first-order valence-electron chi connectivity index (χ1n) is 10.6. The molecule has 0 atom stereocenters. The highest BCUT2D eigenvalue weighted by Gasteiger charge is 2.19. The molecule has 1 saturated heterocycles. The molecule has 160 valence electrons. The van der Waals surface area contributed by atoms with Crippen LogP contribution in [0.5, 0.6) is 0 Å². The number of nitrogens with zero attached hydrogens (tertiary/aromatic N) is 4. The molecule has 1 aliphatic rings. The van der Waals surface area contributed by atoms with Crippen molar-refractivity contribution >= 4 is 34.9 Å². The highest BCUT2D eigenvalue weighted by atomic mass is 32.2. The molecule has 1 amide bonds. The van der Waals surface area contributed by atoms with Gasteiger partial charge in [-0.2, -0.15) is 0 Å². The van der Waals surface area contributed by atoms with Gasteiger partial charge in [-0.15, -0.1) is 0 Å². The predicted octanol–water partition coefficient (Wildman–Crippen LogP) is 4.10. The van der Waals surface area contributed by atoms with E-state index < -0.39 is 0 Å². The molecule has 7 heteroatoms. The SMILES string of the molecule is CCc1cccc(NC(=O)CSc2nccc(N3CCN(c4ccccc4)CC3)n2)c1. The van der Waals surface area contributed by atoms with Gasteiger partial charge in [-0.1, -0.05) is 49.0 Å². The molecular weight excluding hydrogens is 406 g/mol. The van der Waals surface area contributed by atoms with Crippen molar-refractivity contribution in [3.63, 3.8) is 0 Å². The summed E-state index contributed by atoms with van der Waals surface area (Å²) in [4.78, 5) is 26.0. The highest BCUT2D eigenvalue weighted by Crippen LogP contribution is 2.21. The van der Waals surface area contributed by atoms with Gasteiger partial charge in [-0.25, -0.2) is 9.97 Å². The molecule has 1 fully saturated rings. The Hall–Kier alpha value is -3.06. The monoisotopic (exact) mass is 433 g/mol. The number of rotatable bonds is 7. The second-order valence-electron chi connectivity index (χ2n) is 7.40. The van der Waals surface area contributed by atoms with E-state index in [2.05, 4.69) is 62.3 Å². The first-order chi connectivity index (χ1) is 15.2. The van der Waals surface area contributed by atoms with Crippen molar-refractivity contribution in [3.8, 4) is 0 Å². The fourth-order valence-corrected chi connectivity index (χ4v) is 4.23. The van der Waals surface area contributed by atoms with Gasteiger partial charge in [0.05, 0.1) is 5.75 Å². The summed E-state index contributed by atoms with van der Waals surface area (Å²) >= 11 is 1.36. The maximum absolute atomic E-state index is 12.3. The number of aryl methyl sites for hydroxylation is 1. The van der Waals surface area contributed by atoms with E-state index in [1.54, 1.807) is 6.20 Å². The van der Waals surface area contributed by atoms with E-state index >= 15 is 0 Å². The minimum atomic E-state index is -0.0521. The van der Waals surface area contributed by atoms with E-state index in [0.29, 0.717) is 5.16 Å². The van der Waals surface area contributed by atoms with Crippen molar-refractivity contribution in [2.24, 2.45) is 0 Å². The summed E-state index contributed by atoms with van der Waals surface area (Å²) in [7, 11) is 0. The number of anilines is 3. The number of thioether (sulfide) groups is 1. The van der Waals surface area contributed by atoms with Crippen LogP contribution in [0.3, 0.4) is 0 Å². The summed E-state index contributed by atoms with van der Waals surface area (Å²) in [6.45, 7) is 5.82. The summed E-state index contributed by atoms with van der Waals surface area (Å²) in [6, 6.07) is 20.4. The van der Waals surface area contributed by atoms with Crippen LogP contribution in [-0.2, 0) is 11.2 Å². The minimum Gasteiger partial charge on any atom is -0.368 e. The van der Waals surface area contributed by atoms with Crippen LogP contribution in [0, 0.1) is 0 Å². The minimum absolute atomic E-state index is 0.0521. The number of para-hydroxylation sites is 1. The molecule has 0 radical (unpaired) electrons. The Balaban J connectivity index is 1.30. The van der Waals surface area contributed by atoms with Crippen molar-refractivity contribution in [1.82, 2.24) is 9.97 Å². The summed E-state index contributed by atoms with van der Waals surface area (Å²) in [5.41, 5.74) is 3.29. The third kappa shape index (κ3) is 5.76. The Kier molecular flexibility index (Phi) is 7.04. The van der Waals surface area contributed by atoms with Gasteiger partial charge in [0.25, 0.3) is 0 Å². The Morgan fingerprint density at radius 2 is 1.77 bits per heavy atom. The van der Waals surface area contributed by atoms with Gasteiger partial charge in [-0.05, 0) is 42.3 Å². The molecule has 0 spiro atoms. The van der Waals surface area contributed by atoms with Crippen LogP contribution >= 0.6 is 11.8 Å². The van der Waals surface area contributed by atoms with Gasteiger partial charge in [0.2, 0.25) is 5.91 Å². The van der Waals surface area contributed by atoms with Crippen molar-refractivity contribution < 1.29 is 4.79 Å². The fourth-order valence-electron chi connectivity index (χ4n) is 3.61. The number of benzene rings is 2. The molecule has 4 rings (SSSR count). The topological polar surface area (TPSA) is 61.4 Å². The predicted molar refractivity (Wildman–Crippen MR) is 128 cm³/mol. The molecule has 0 aliphatic carbocycles. The number of carbonyl (C=O) groups excluding carboxylic acids is 1. The number of nitrogens with one attached hydrogen (secondary N) is 1. The summed E-state index contributed by atoms with van der Waals surface area (Å²) < 4.78 is 0. The molecule has 0 saturated carbocycles. The molecule has 3 aromatic rings. The first-order valence-corrected chi connectivity index (χ1v) is 11.6. The van der Waals surface area contributed by atoms with E-state index in [1.807, 2.05) is 30.3 Å². The Morgan fingerprint density at radius 3 is 2.55 bits per heavy atom. The maximum atomic E-state index is 12.3. The molecule has 31 heavy (non-hydrogen) atoms. The van der Waals surface area contributed by atoms with E-state index in [1.165, 1.54) is 23.0 Å². The summed E-state index contributed by atoms with van der Waals surface area (Å²) in [6.07, 6.45) is 2.72. The van der Waals surface area contributed by atoms with Crippen LogP contribution in [0.25, 0.3) is 0 Å². The van der Waals surface area contributed by atoms with Crippen molar-refractivity contribution in [2.75, 3.05) is 47.0 Å². The average molecular weight is 434 g/mol. The Labute approximate surface area is 187 Å². The molecule has 2 heterocycles. The largest absolute Gasteiger partial charge is 0.368 e. The van der Waals surface area contributed by atoms with Crippen LogP contribution in [-0.4, -0.2) is 47.8 Å². The van der Waals surface area contributed by atoms with E-state index in [9.17, 15) is 4.79 Å². The highest BCUT2D eigenvalue weighted by molar-refractivity contribution is 7.99. The normalized spacial score (nSPS) is 13.8. The lowest BCUT2D eigenvalue weighted by Gasteiger charge is -2.36. The molecule has 6 nitrogen and oxygen atoms in total. The second-order valence-corrected chi connectivity index (χ2v) is 8.34. The zero-order valence-electron chi connectivity index (χ0n) is 17.7. The standard InChI is InChI=1S/C24H27N5OS/c1-2-19-7-6-8-20(17-19)26-23(30)18-31-24-25-12-11-22(27-24)29-15-13-28(14-16-29)21-9-4-3-5-10-21/h3-12,17H,2,13-16,18H2,1H3,(H,26,30).